The number of anilines is 4. The van der Waals surface area contributed by atoms with E-state index in [-0.39, 0.29) is 5.91 Å². The van der Waals surface area contributed by atoms with E-state index in [9.17, 15) is 4.79 Å². The number of piperidine rings is 1. The number of hydrogen-bond acceptors (Lipinski definition) is 8. The van der Waals surface area contributed by atoms with Crippen LogP contribution in [0.1, 0.15) is 18.5 Å². The minimum absolute atomic E-state index is 0.0817. The lowest BCUT2D eigenvalue weighted by Crippen LogP contribution is -2.38. The Balaban J connectivity index is 1.79. The Labute approximate surface area is 165 Å². The van der Waals surface area contributed by atoms with Gasteiger partial charge in [-0.3, -0.25) is 9.78 Å². The molecule has 1 fully saturated rings. The predicted octanol–water partition coefficient (Wildman–Crippen LogP) is 1.59. The molecule has 0 radical (unpaired) electrons. The summed E-state index contributed by atoms with van der Waals surface area (Å²) in [6.45, 7) is 4.13. The second kappa shape index (κ2) is 9.43. The van der Waals surface area contributed by atoms with E-state index >= 15 is 0 Å². The van der Waals surface area contributed by atoms with Crippen LogP contribution in [0, 0.1) is 6.92 Å². The van der Waals surface area contributed by atoms with Crippen LogP contribution in [0.25, 0.3) is 0 Å². The minimum atomic E-state index is -0.0817. The molecular weight excluding hydrogens is 356 g/mol. The fourth-order valence-electron chi connectivity index (χ4n) is 3.00. The van der Waals surface area contributed by atoms with Crippen LogP contribution in [-0.4, -0.2) is 65.5 Å². The largest absolute Gasteiger partial charge is 0.379 e. The highest BCUT2D eigenvalue weighted by Gasteiger charge is 2.16. The molecule has 1 aliphatic rings. The second-order valence-electron chi connectivity index (χ2n) is 7.26. The zero-order valence-corrected chi connectivity index (χ0v) is 16.6. The van der Waals surface area contributed by atoms with Gasteiger partial charge in [-0.25, -0.2) is 9.97 Å². The Hall–Kier alpha value is -2.78. The smallest absolute Gasteiger partial charge is 0.238 e. The minimum Gasteiger partial charge on any atom is -0.379 e. The van der Waals surface area contributed by atoms with Gasteiger partial charge in [0.15, 0.2) is 0 Å². The lowest BCUT2D eigenvalue weighted by Gasteiger charge is -2.26. The van der Waals surface area contributed by atoms with Crippen molar-refractivity contribution in [1.29, 1.82) is 0 Å². The summed E-state index contributed by atoms with van der Waals surface area (Å²) in [5.74, 6) is 1.17. The van der Waals surface area contributed by atoms with Crippen molar-refractivity contribution in [2.75, 3.05) is 49.7 Å². The molecule has 4 N–H and O–H groups in total. The maximum atomic E-state index is 12.2. The molecule has 1 aliphatic heterocycles. The number of pyridine rings is 1. The van der Waals surface area contributed by atoms with Crippen LogP contribution in [0.2, 0.25) is 0 Å². The van der Waals surface area contributed by atoms with Crippen molar-refractivity contribution < 1.29 is 4.79 Å². The molecule has 3 heterocycles. The molecule has 0 spiro atoms. The lowest BCUT2D eigenvalue weighted by molar-refractivity contribution is -0.116. The Bertz CT molecular complexity index is 787. The normalized spacial score (nSPS) is 16.6. The Morgan fingerprint density at radius 3 is 2.68 bits per heavy atom. The van der Waals surface area contributed by atoms with E-state index in [4.69, 9.17) is 0 Å². The zero-order chi connectivity index (χ0) is 19.9. The summed E-state index contributed by atoms with van der Waals surface area (Å²) in [6, 6.07) is 2.19. The molecule has 28 heavy (non-hydrogen) atoms. The quantitative estimate of drug-likeness (QED) is 0.570. The van der Waals surface area contributed by atoms with Crippen molar-refractivity contribution in [2.45, 2.75) is 25.8 Å². The molecule has 150 valence electrons. The molecule has 0 unspecified atom stereocenters. The van der Waals surface area contributed by atoms with Crippen molar-refractivity contribution in [2.24, 2.45) is 0 Å². The fraction of sp³-hybridized carbons (Fsp3) is 0.474. The summed E-state index contributed by atoms with van der Waals surface area (Å²) >= 11 is 0. The van der Waals surface area contributed by atoms with Crippen LogP contribution in [0.15, 0.2) is 24.7 Å². The van der Waals surface area contributed by atoms with E-state index in [1.165, 1.54) is 0 Å². The monoisotopic (exact) mass is 384 g/mol. The number of likely N-dealkylation sites (N-methyl/N-ethyl adjacent to an activating group) is 1. The van der Waals surface area contributed by atoms with E-state index in [1.807, 2.05) is 32.0 Å². The average Bonchev–Trinajstić information content (AvgIpc) is 2.66. The van der Waals surface area contributed by atoms with Gasteiger partial charge in [-0.2, -0.15) is 0 Å². The third kappa shape index (κ3) is 5.86. The standard InChI is InChI=1S/C19H28N8O/c1-13-8-22-18(11-21-13)26-17-7-15(24-14-5-4-6-20-9-14)16(10-23-17)25-19(28)12-27(2)3/h7-8,10-11,14,20H,4-6,9,12H2,1-3H3,(H,25,28)(H2,22,23,24,26)/t14-/m1/s1. The highest BCUT2D eigenvalue weighted by Crippen LogP contribution is 2.26. The summed E-state index contributed by atoms with van der Waals surface area (Å²) in [5.41, 5.74) is 2.35. The van der Waals surface area contributed by atoms with Gasteiger partial charge >= 0.3 is 0 Å². The number of nitrogens with one attached hydrogen (secondary N) is 4. The molecule has 0 bridgehead atoms. The first-order valence-corrected chi connectivity index (χ1v) is 9.47. The van der Waals surface area contributed by atoms with Crippen molar-refractivity contribution in [3.05, 3.63) is 30.4 Å². The van der Waals surface area contributed by atoms with Gasteiger partial charge in [0.05, 0.1) is 42.2 Å². The number of aryl methyl sites for hydroxylation is 1. The second-order valence-corrected chi connectivity index (χ2v) is 7.26. The third-order valence-electron chi connectivity index (χ3n) is 4.33. The summed E-state index contributed by atoms with van der Waals surface area (Å²) in [5, 5.41) is 13.0. The molecule has 0 aliphatic carbocycles. The van der Waals surface area contributed by atoms with Gasteiger partial charge in [-0.15, -0.1) is 0 Å². The van der Waals surface area contributed by atoms with Gasteiger partial charge in [-0.05, 0) is 40.4 Å². The van der Waals surface area contributed by atoms with Gasteiger partial charge in [0, 0.05) is 18.7 Å². The molecule has 3 rings (SSSR count). The van der Waals surface area contributed by atoms with Crippen LogP contribution in [-0.2, 0) is 4.79 Å². The molecule has 1 saturated heterocycles. The van der Waals surface area contributed by atoms with Crippen LogP contribution in [0.4, 0.5) is 23.0 Å². The van der Waals surface area contributed by atoms with Crippen molar-refractivity contribution in [3.8, 4) is 0 Å². The SMILES string of the molecule is Cc1cnc(Nc2cc(N[C@@H]3CCCNC3)c(NC(=O)CN(C)C)cn2)cn1. The van der Waals surface area contributed by atoms with Gasteiger partial charge in [-0.1, -0.05) is 0 Å². The summed E-state index contributed by atoms with van der Waals surface area (Å²) in [6.07, 6.45) is 7.23. The number of rotatable bonds is 7. The first kappa shape index (κ1) is 20.0. The number of nitrogens with zero attached hydrogens (tertiary/aromatic N) is 4. The van der Waals surface area contributed by atoms with Crippen LogP contribution in [0.3, 0.4) is 0 Å². The summed E-state index contributed by atoms with van der Waals surface area (Å²) < 4.78 is 0. The maximum absolute atomic E-state index is 12.2. The van der Waals surface area contributed by atoms with Gasteiger partial charge < -0.3 is 26.2 Å². The summed E-state index contributed by atoms with van der Waals surface area (Å²) in [7, 11) is 3.72. The van der Waals surface area contributed by atoms with Crippen molar-refractivity contribution in [3.63, 3.8) is 0 Å². The van der Waals surface area contributed by atoms with Crippen LogP contribution < -0.4 is 21.3 Å². The average molecular weight is 384 g/mol. The Morgan fingerprint density at radius 2 is 2.00 bits per heavy atom. The van der Waals surface area contributed by atoms with E-state index in [2.05, 4.69) is 36.2 Å². The Kier molecular flexibility index (Phi) is 6.72. The van der Waals surface area contributed by atoms with E-state index in [0.29, 0.717) is 29.9 Å². The highest BCUT2D eigenvalue weighted by atomic mass is 16.2. The maximum Gasteiger partial charge on any atom is 0.238 e. The zero-order valence-electron chi connectivity index (χ0n) is 16.6. The summed E-state index contributed by atoms with van der Waals surface area (Å²) in [4.78, 5) is 27.0. The first-order valence-electron chi connectivity index (χ1n) is 9.47. The van der Waals surface area contributed by atoms with Crippen LogP contribution >= 0.6 is 0 Å². The topological polar surface area (TPSA) is 107 Å². The molecule has 0 saturated carbocycles. The van der Waals surface area contributed by atoms with Gasteiger partial charge in [0.25, 0.3) is 0 Å². The number of carbonyl (C=O) groups excluding carboxylic acids is 1. The first-order chi connectivity index (χ1) is 13.5. The van der Waals surface area contributed by atoms with Crippen LogP contribution in [0.5, 0.6) is 0 Å². The lowest BCUT2D eigenvalue weighted by atomic mass is 10.1. The van der Waals surface area contributed by atoms with Crippen molar-refractivity contribution in [1.82, 2.24) is 25.2 Å². The van der Waals surface area contributed by atoms with E-state index < -0.39 is 0 Å². The number of hydrogen-bond donors (Lipinski definition) is 4. The number of aromatic nitrogens is 3. The van der Waals surface area contributed by atoms with Gasteiger partial charge in [0.1, 0.15) is 11.6 Å². The third-order valence-corrected chi connectivity index (χ3v) is 4.33. The highest BCUT2D eigenvalue weighted by molar-refractivity contribution is 5.95. The molecular formula is C19H28N8O. The molecule has 1 amide bonds. The molecule has 9 heteroatoms. The molecule has 2 aromatic rings. The number of carbonyl (C=O) groups is 1. The predicted molar refractivity (Wildman–Crippen MR) is 111 cm³/mol. The fourth-order valence-corrected chi connectivity index (χ4v) is 3.00. The van der Waals surface area contributed by atoms with Crippen molar-refractivity contribution >= 4 is 28.9 Å². The molecule has 0 aromatic carbocycles. The van der Waals surface area contributed by atoms with Gasteiger partial charge in [0.2, 0.25) is 5.91 Å². The molecule has 2 aromatic heterocycles. The number of amides is 1. The Morgan fingerprint density at radius 1 is 1.18 bits per heavy atom. The molecule has 1 atom stereocenters. The molecule has 9 nitrogen and oxygen atoms in total. The van der Waals surface area contributed by atoms with E-state index in [0.717, 1.165) is 37.3 Å². The van der Waals surface area contributed by atoms with E-state index in [1.54, 1.807) is 18.6 Å².